The molecule has 1 fully saturated rings. The van der Waals surface area contributed by atoms with Crippen LogP contribution in [-0.2, 0) is 37.1 Å². The monoisotopic (exact) mass is 532 g/mol. The number of methoxy groups -OCH3 is 1. The van der Waals surface area contributed by atoms with Crippen LogP contribution in [0.25, 0.3) is 10.9 Å². The first-order chi connectivity index (χ1) is 17.8. The van der Waals surface area contributed by atoms with E-state index in [9.17, 15) is 18.0 Å². The molecule has 204 valence electrons. The van der Waals surface area contributed by atoms with Gasteiger partial charge in [0.05, 0.1) is 17.8 Å². The average Bonchev–Trinajstić information content (AvgIpc) is 3.25. The third kappa shape index (κ3) is 5.94. The van der Waals surface area contributed by atoms with Crippen LogP contribution < -0.4 is 0 Å². The van der Waals surface area contributed by atoms with E-state index in [0.29, 0.717) is 55.3 Å². The summed E-state index contributed by atoms with van der Waals surface area (Å²) >= 11 is 0. The Balaban J connectivity index is 1.68. The zero-order valence-corrected chi connectivity index (χ0v) is 23.1. The quantitative estimate of drug-likeness (QED) is 0.408. The van der Waals surface area contributed by atoms with E-state index in [0.717, 1.165) is 55.5 Å². The van der Waals surface area contributed by atoms with Gasteiger partial charge in [0.25, 0.3) is 5.91 Å². The topological polar surface area (TPSA) is 94.9 Å². The highest BCUT2D eigenvalue weighted by Gasteiger charge is 2.34. The van der Waals surface area contributed by atoms with Crippen LogP contribution in [-0.4, -0.2) is 74.8 Å². The summed E-state index contributed by atoms with van der Waals surface area (Å²) in [5.74, 6) is 0.872. The summed E-state index contributed by atoms with van der Waals surface area (Å²) in [5.41, 5.74) is 3.06. The molecule has 1 aromatic carbocycles. The van der Waals surface area contributed by atoms with Gasteiger partial charge >= 0.3 is 0 Å². The summed E-state index contributed by atoms with van der Waals surface area (Å²) in [6, 6.07) is 5.32. The van der Waals surface area contributed by atoms with Crippen LogP contribution in [0.3, 0.4) is 0 Å². The lowest BCUT2D eigenvalue weighted by molar-refractivity contribution is -0.120. The van der Waals surface area contributed by atoms with E-state index in [1.165, 1.54) is 3.97 Å². The number of rotatable bonds is 11. The van der Waals surface area contributed by atoms with Crippen LogP contribution in [0.5, 0.6) is 0 Å². The van der Waals surface area contributed by atoms with Crippen LogP contribution in [0, 0.1) is 11.8 Å². The lowest BCUT2D eigenvalue weighted by atomic mass is 9.75. The Bertz CT molecular complexity index is 1230. The van der Waals surface area contributed by atoms with E-state index in [4.69, 9.17) is 9.47 Å². The molecule has 2 heterocycles. The minimum atomic E-state index is -3.50. The number of carbonyl (C=O) groups excluding carboxylic acids is 2. The number of likely N-dealkylation sites (N-methyl/N-ethyl adjacent to an activating group) is 1. The Morgan fingerprint density at radius 1 is 1.14 bits per heavy atom. The number of Topliss-reactive ketones (excluding diaryl/α,β-unsaturated/α-hetero) is 1. The van der Waals surface area contributed by atoms with Gasteiger partial charge in [-0.2, -0.15) is 0 Å². The third-order valence-electron chi connectivity index (χ3n) is 8.01. The molecular formula is C28H40N2O6S. The summed E-state index contributed by atoms with van der Waals surface area (Å²) in [4.78, 5) is 27.4. The molecule has 1 aliphatic heterocycles. The van der Waals surface area contributed by atoms with Gasteiger partial charge in [-0.25, -0.2) is 12.4 Å². The Morgan fingerprint density at radius 3 is 2.57 bits per heavy atom. The van der Waals surface area contributed by atoms with Gasteiger partial charge in [-0.1, -0.05) is 0 Å². The second-order valence-electron chi connectivity index (χ2n) is 10.2. The number of carbonyl (C=O) groups is 2. The van der Waals surface area contributed by atoms with Gasteiger partial charge in [-0.15, -0.1) is 0 Å². The Hall–Kier alpha value is -2.23. The van der Waals surface area contributed by atoms with E-state index in [1.807, 2.05) is 13.0 Å². The van der Waals surface area contributed by atoms with Crippen molar-refractivity contribution in [1.82, 2.24) is 8.87 Å². The molecule has 0 spiro atoms. The summed E-state index contributed by atoms with van der Waals surface area (Å²) in [5, 5.41) is 0.845. The molecular weight excluding hydrogens is 492 g/mol. The van der Waals surface area contributed by atoms with Gasteiger partial charge in [-0.3, -0.25) is 9.59 Å². The Morgan fingerprint density at radius 2 is 1.89 bits per heavy atom. The van der Waals surface area contributed by atoms with Crippen molar-refractivity contribution in [2.45, 2.75) is 58.8 Å². The van der Waals surface area contributed by atoms with Gasteiger partial charge < -0.3 is 14.4 Å². The standard InChI is InChI=1S/C28H40N2O6S/c1-4-29(19-23(31)7-6-14-35-3)28(32)22-9-11-27-25(18-22)24-17-21(20-12-15-36-16-13-20)8-10-26(24)30(27)37(33,34)5-2/h9,11,18,20-21H,4-8,10,12-17,19H2,1-3H3. The second kappa shape index (κ2) is 12.1. The number of aromatic nitrogens is 1. The number of hydrogen-bond acceptors (Lipinski definition) is 6. The predicted molar refractivity (Wildman–Crippen MR) is 144 cm³/mol. The Labute approximate surface area is 220 Å². The summed E-state index contributed by atoms with van der Waals surface area (Å²) in [6.45, 7) is 6.10. The van der Waals surface area contributed by atoms with Crippen LogP contribution in [0.4, 0.5) is 0 Å². The summed E-state index contributed by atoms with van der Waals surface area (Å²) < 4.78 is 38.4. The highest BCUT2D eigenvalue weighted by molar-refractivity contribution is 7.90. The number of amides is 1. The first kappa shape index (κ1) is 27.8. The number of hydrogen-bond donors (Lipinski definition) is 0. The van der Waals surface area contributed by atoms with Gasteiger partial charge in [0.15, 0.2) is 5.78 Å². The maximum absolute atomic E-state index is 13.4. The van der Waals surface area contributed by atoms with Gasteiger partial charge in [0.2, 0.25) is 10.0 Å². The third-order valence-corrected chi connectivity index (χ3v) is 9.72. The molecule has 0 bridgehead atoms. The zero-order valence-electron chi connectivity index (χ0n) is 22.3. The molecule has 0 radical (unpaired) electrons. The molecule has 4 rings (SSSR count). The SMILES string of the molecule is CCN(CC(=O)CCCOC)C(=O)c1ccc2c(c1)c1c(n2S(=O)(=O)CC)CCC(C2CCOCC2)C1. The van der Waals surface area contributed by atoms with Gasteiger partial charge in [0.1, 0.15) is 0 Å². The van der Waals surface area contributed by atoms with Crippen molar-refractivity contribution in [2.75, 3.05) is 45.8 Å². The van der Waals surface area contributed by atoms with Crippen molar-refractivity contribution in [3.63, 3.8) is 0 Å². The molecule has 1 aromatic heterocycles. The Kier molecular flexibility index (Phi) is 9.08. The second-order valence-corrected chi connectivity index (χ2v) is 12.3. The number of fused-ring (bicyclic) bond motifs is 3. The van der Waals surface area contributed by atoms with E-state index in [-0.39, 0.29) is 24.0 Å². The molecule has 0 saturated carbocycles. The van der Waals surface area contributed by atoms with E-state index in [1.54, 1.807) is 31.1 Å². The average molecular weight is 533 g/mol. The summed E-state index contributed by atoms with van der Waals surface area (Å²) in [7, 11) is -1.90. The molecule has 8 nitrogen and oxygen atoms in total. The number of nitrogens with zero attached hydrogens (tertiary/aromatic N) is 2. The lowest BCUT2D eigenvalue weighted by Gasteiger charge is -2.33. The van der Waals surface area contributed by atoms with E-state index in [2.05, 4.69) is 0 Å². The fraction of sp³-hybridized carbons (Fsp3) is 0.643. The molecule has 1 saturated heterocycles. The van der Waals surface area contributed by atoms with Crippen molar-refractivity contribution >= 4 is 32.6 Å². The van der Waals surface area contributed by atoms with Gasteiger partial charge in [0, 0.05) is 56.5 Å². The zero-order chi connectivity index (χ0) is 26.6. The normalized spacial score (nSPS) is 18.6. The molecule has 37 heavy (non-hydrogen) atoms. The summed E-state index contributed by atoms with van der Waals surface area (Å²) in [6.07, 6.45) is 5.58. The molecule has 1 aliphatic carbocycles. The largest absolute Gasteiger partial charge is 0.385 e. The smallest absolute Gasteiger partial charge is 0.254 e. The van der Waals surface area contributed by atoms with Crippen molar-refractivity contribution in [3.8, 4) is 0 Å². The first-order valence-corrected chi connectivity index (χ1v) is 15.2. The number of ether oxygens (including phenoxy) is 2. The van der Waals surface area contributed by atoms with Crippen LogP contribution in [0.1, 0.15) is 67.6 Å². The first-order valence-electron chi connectivity index (χ1n) is 13.6. The highest BCUT2D eigenvalue weighted by atomic mass is 32.2. The van der Waals surface area contributed by atoms with E-state index < -0.39 is 10.0 Å². The van der Waals surface area contributed by atoms with Gasteiger partial charge in [-0.05, 0) is 88.0 Å². The van der Waals surface area contributed by atoms with Crippen molar-refractivity contribution in [3.05, 3.63) is 35.0 Å². The van der Waals surface area contributed by atoms with Crippen molar-refractivity contribution in [1.29, 1.82) is 0 Å². The molecule has 1 atom stereocenters. The maximum Gasteiger partial charge on any atom is 0.254 e. The van der Waals surface area contributed by atoms with E-state index >= 15 is 0 Å². The maximum atomic E-state index is 13.4. The fourth-order valence-electron chi connectivity index (χ4n) is 5.93. The number of ketones is 1. The lowest BCUT2D eigenvalue weighted by Crippen LogP contribution is -2.35. The van der Waals surface area contributed by atoms with Crippen LogP contribution in [0.2, 0.25) is 0 Å². The highest BCUT2D eigenvalue weighted by Crippen LogP contribution is 2.40. The fourth-order valence-corrected chi connectivity index (χ4v) is 7.18. The molecule has 0 N–H and O–H groups in total. The predicted octanol–water partition coefficient (Wildman–Crippen LogP) is 3.83. The molecule has 9 heteroatoms. The van der Waals surface area contributed by atoms with Crippen LogP contribution >= 0.6 is 0 Å². The van der Waals surface area contributed by atoms with Crippen molar-refractivity contribution in [2.24, 2.45) is 11.8 Å². The molecule has 2 aromatic rings. The number of benzene rings is 1. The molecule has 1 unspecified atom stereocenters. The molecule has 1 amide bonds. The van der Waals surface area contributed by atoms with Crippen molar-refractivity contribution < 1.29 is 27.5 Å². The minimum absolute atomic E-state index is 0.00482. The minimum Gasteiger partial charge on any atom is -0.385 e. The van der Waals surface area contributed by atoms with Crippen LogP contribution in [0.15, 0.2) is 18.2 Å². The molecule has 2 aliphatic rings.